The molecule has 0 unspecified atom stereocenters. The highest BCUT2D eigenvalue weighted by Gasteiger charge is 2.36. The van der Waals surface area contributed by atoms with Gasteiger partial charge >= 0.3 is 6.18 Å². The maximum atomic E-state index is 13.3. The van der Waals surface area contributed by atoms with Crippen molar-refractivity contribution in [3.63, 3.8) is 0 Å². The van der Waals surface area contributed by atoms with E-state index in [-0.39, 0.29) is 10.7 Å². The first-order valence-electron chi connectivity index (χ1n) is 8.92. The lowest BCUT2D eigenvalue weighted by molar-refractivity contribution is -0.714. The van der Waals surface area contributed by atoms with Gasteiger partial charge in [-0.25, -0.2) is 0 Å². The van der Waals surface area contributed by atoms with Crippen LogP contribution >= 0.6 is 11.6 Å². The minimum atomic E-state index is -4.61. The molecule has 1 fully saturated rings. The van der Waals surface area contributed by atoms with E-state index in [1.165, 1.54) is 12.1 Å². The van der Waals surface area contributed by atoms with E-state index in [1.807, 2.05) is 35.6 Å². The zero-order valence-electron chi connectivity index (χ0n) is 14.6. The molecule has 3 N–H and O–H groups in total. The topological polar surface area (TPSA) is 45.7 Å². The number of nitrogens with one attached hydrogen (secondary N) is 1. The Balaban J connectivity index is 1.86. The van der Waals surface area contributed by atoms with Crippen LogP contribution in [0.15, 0.2) is 48.5 Å². The van der Waals surface area contributed by atoms with Gasteiger partial charge in [-0.1, -0.05) is 41.9 Å². The molecule has 0 radical (unpaired) electrons. The maximum absolute atomic E-state index is 13.3. The zero-order chi connectivity index (χ0) is 19.4. The van der Waals surface area contributed by atoms with Crippen molar-refractivity contribution < 1.29 is 23.3 Å². The molecule has 1 atom stereocenters. The molecule has 1 aliphatic carbocycles. The average Bonchev–Trinajstić information content (AvgIpc) is 3.14. The number of quaternary nitrogens is 1. The van der Waals surface area contributed by atoms with Gasteiger partial charge in [-0.2, -0.15) is 13.2 Å². The first-order chi connectivity index (χ1) is 12.8. The van der Waals surface area contributed by atoms with Gasteiger partial charge < -0.3 is 10.6 Å². The average molecular weight is 398 g/mol. The third kappa shape index (κ3) is 5.02. The molecule has 3 nitrogen and oxygen atoms in total. The fourth-order valence-corrected chi connectivity index (χ4v) is 3.67. The molecule has 3 rings (SSSR count). The van der Waals surface area contributed by atoms with Crippen LogP contribution in [0.4, 0.5) is 18.9 Å². The van der Waals surface area contributed by atoms with E-state index < -0.39 is 23.7 Å². The molecule has 0 bridgehead atoms. The minimum Gasteiger partial charge on any atom is -0.330 e. The van der Waals surface area contributed by atoms with E-state index in [2.05, 4.69) is 5.32 Å². The molecule has 1 saturated carbocycles. The lowest BCUT2D eigenvalue weighted by atomic mass is 10.0. The second kappa shape index (κ2) is 8.31. The second-order valence-electron chi connectivity index (χ2n) is 6.80. The van der Waals surface area contributed by atoms with Crippen LogP contribution < -0.4 is 10.6 Å². The predicted molar refractivity (Wildman–Crippen MR) is 98.4 cm³/mol. The SMILES string of the molecule is O=C(Nc1ccc(Cl)cc1C(F)(F)F)[C@H]([NH2+]C1CCCC1)c1ccccc1. The van der Waals surface area contributed by atoms with Crippen LogP contribution in [-0.4, -0.2) is 11.9 Å². The summed E-state index contributed by atoms with van der Waals surface area (Å²) in [7, 11) is 0. The van der Waals surface area contributed by atoms with E-state index in [9.17, 15) is 18.0 Å². The monoisotopic (exact) mass is 397 g/mol. The summed E-state index contributed by atoms with van der Waals surface area (Å²) < 4.78 is 39.9. The number of carbonyl (C=O) groups is 1. The summed E-state index contributed by atoms with van der Waals surface area (Å²) >= 11 is 5.71. The Morgan fingerprint density at radius 3 is 2.41 bits per heavy atom. The highest BCUT2D eigenvalue weighted by atomic mass is 35.5. The van der Waals surface area contributed by atoms with Crippen LogP contribution in [0.5, 0.6) is 0 Å². The highest BCUT2D eigenvalue weighted by molar-refractivity contribution is 6.30. The van der Waals surface area contributed by atoms with Gasteiger partial charge in [0, 0.05) is 10.6 Å². The standard InChI is InChI=1S/C20H20ClF3N2O/c21-14-10-11-17(16(12-14)20(22,23)24)26-19(27)18(13-6-2-1-3-7-13)25-15-8-4-5-9-15/h1-3,6-7,10-12,15,18,25H,4-5,8-9H2,(H,26,27)/p+1/t18-/m1/s1. The third-order valence-corrected chi connectivity index (χ3v) is 5.09. The van der Waals surface area contributed by atoms with Crippen LogP contribution in [0.1, 0.15) is 42.9 Å². The van der Waals surface area contributed by atoms with Crippen LogP contribution in [0.3, 0.4) is 0 Å². The molecule has 0 saturated heterocycles. The first-order valence-corrected chi connectivity index (χ1v) is 9.30. The van der Waals surface area contributed by atoms with Gasteiger partial charge in [-0.3, -0.25) is 4.79 Å². The minimum absolute atomic E-state index is 0.0301. The van der Waals surface area contributed by atoms with Crippen LogP contribution in [0.25, 0.3) is 0 Å². The Morgan fingerprint density at radius 1 is 1.11 bits per heavy atom. The Kier molecular flexibility index (Phi) is 6.07. The summed E-state index contributed by atoms with van der Waals surface area (Å²) in [5, 5.41) is 4.41. The van der Waals surface area contributed by atoms with Crippen molar-refractivity contribution >= 4 is 23.2 Å². The van der Waals surface area contributed by atoms with Crippen molar-refractivity contribution in [1.29, 1.82) is 0 Å². The van der Waals surface area contributed by atoms with Crippen molar-refractivity contribution in [2.45, 2.75) is 43.9 Å². The number of nitrogens with two attached hydrogens (primary N) is 1. The smallest absolute Gasteiger partial charge is 0.330 e. The van der Waals surface area contributed by atoms with E-state index in [4.69, 9.17) is 11.6 Å². The number of hydrogen-bond donors (Lipinski definition) is 2. The van der Waals surface area contributed by atoms with Crippen molar-refractivity contribution in [2.24, 2.45) is 0 Å². The van der Waals surface area contributed by atoms with Gasteiger partial charge in [0.25, 0.3) is 5.91 Å². The highest BCUT2D eigenvalue weighted by Crippen LogP contribution is 2.36. The number of benzene rings is 2. The Bertz CT molecular complexity index is 790. The number of alkyl halides is 3. The Morgan fingerprint density at radius 2 is 1.78 bits per heavy atom. The molecule has 0 aliphatic heterocycles. The maximum Gasteiger partial charge on any atom is 0.418 e. The van der Waals surface area contributed by atoms with Crippen molar-refractivity contribution in [1.82, 2.24) is 0 Å². The van der Waals surface area contributed by atoms with E-state index in [1.54, 1.807) is 0 Å². The zero-order valence-corrected chi connectivity index (χ0v) is 15.4. The number of rotatable bonds is 5. The summed E-state index contributed by atoms with van der Waals surface area (Å²) in [5.74, 6) is -0.471. The van der Waals surface area contributed by atoms with Gasteiger partial charge in [0.1, 0.15) is 0 Å². The van der Waals surface area contributed by atoms with Crippen LogP contribution in [0.2, 0.25) is 5.02 Å². The van der Waals surface area contributed by atoms with Crippen molar-refractivity contribution in [3.05, 3.63) is 64.7 Å². The molecule has 0 heterocycles. The number of carbonyl (C=O) groups excluding carboxylic acids is 1. The number of hydrogen-bond acceptors (Lipinski definition) is 1. The summed E-state index contributed by atoms with van der Waals surface area (Å²) in [4.78, 5) is 12.9. The van der Waals surface area contributed by atoms with E-state index >= 15 is 0 Å². The summed E-state index contributed by atoms with van der Waals surface area (Å²) in [6, 6.07) is 12.2. The number of halogens is 4. The molecular weight excluding hydrogens is 377 g/mol. The molecular formula is C20H21ClF3N2O+. The van der Waals surface area contributed by atoms with Gasteiger partial charge in [-0.05, 0) is 43.9 Å². The molecule has 27 heavy (non-hydrogen) atoms. The molecule has 7 heteroatoms. The van der Waals surface area contributed by atoms with Gasteiger partial charge in [0.2, 0.25) is 0 Å². The van der Waals surface area contributed by atoms with Crippen molar-refractivity contribution in [3.8, 4) is 0 Å². The van der Waals surface area contributed by atoms with E-state index in [0.29, 0.717) is 6.04 Å². The van der Waals surface area contributed by atoms with Crippen LogP contribution in [0, 0.1) is 0 Å². The Hall–Kier alpha value is -2.05. The quantitative estimate of drug-likeness (QED) is 0.764. The molecule has 2 aromatic carbocycles. The summed E-state index contributed by atoms with van der Waals surface area (Å²) in [6.07, 6.45) is -0.374. The van der Waals surface area contributed by atoms with Crippen molar-refractivity contribution in [2.75, 3.05) is 5.32 Å². The molecule has 1 amide bonds. The lowest BCUT2D eigenvalue weighted by Crippen LogP contribution is -2.92. The summed E-state index contributed by atoms with van der Waals surface area (Å²) in [6.45, 7) is 0. The molecule has 0 aromatic heterocycles. The lowest BCUT2D eigenvalue weighted by Gasteiger charge is -2.21. The Labute approximate surface area is 160 Å². The fraction of sp³-hybridized carbons (Fsp3) is 0.350. The number of anilines is 1. The normalized spacial score (nSPS) is 16.3. The predicted octanol–water partition coefficient (Wildman–Crippen LogP) is 4.54. The van der Waals surface area contributed by atoms with Gasteiger partial charge in [-0.15, -0.1) is 0 Å². The summed E-state index contributed by atoms with van der Waals surface area (Å²) in [5.41, 5.74) is -0.460. The fourth-order valence-electron chi connectivity index (χ4n) is 3.50. The third-order valence-electron chi connectivity index (χ3n) is 4.85. The molecule has 2 aromatic rings. The second-order valence-corrected chi connectivity index (χ2v) is 7.24. The molecule has 1 aliphatic rings. The molecule has 144 valence electrons. The molecule has 0 spiro atoms. The van der Waals surface area contributed by atoms with Gasteiger partial charge in [0.15, 0.2) is 6.04 Å². The first kappa shape index (κ1) is 19.7. The largest absolute Gasteiger partial charge is 0.418 e. The van der Waals surface area contributed by atoms with Gasteiger partial charge in [0.05, 0.1) is 17.3 Å². The van der Waals surface area contributed by atoms with E-state index in [0.717, 1.165) is 37.3 Å². The number of amides is 1. The van der Waals surface area contributed by atoms with Crippen LogP contribution in [-0.2, 0) is 11.0 Å².